The summed E-state index contributed by atoms with van der Waals surface area (Å²) in [5.74, 6) is 0.569. The predicted octanol–water partition coefficient (Wildman–Crippen LogP) is 5.58. The van der Waals surface area contributed by atoms with Gasteiger partial charge in [0.15, 0.2) is 0 Å². The molecule has 0 bridgehead atoms. The van der Waals surface area contributed by atoms with Crippen molar-refractivity contribution in [2.45, 2.75) is 66.3 Å². The first kappa shape index (κ1) is 21.0. The smallest absolute Gasteiger partial charge is 0.338 e. The van der Waals surface area contributed by atoms with Crippen LogP contribution in [0.1, 0.15) is 82.3 Å². The average Bonchev–Trinajstić information content (AvgIpc) is 3.26. The zero-order chi connectivity index (χ0) is 18.2. The number of nitrogens with one attached hydrogen (secondary N) is 1. The minimum Gasteiger partial charge on any atom is -0.462 e. The maximum atomic E-state index is 11.6. The quantitative estimate of drug-likeness (QED) is 0.497. The highest BCUT2D eigenvalue weighted by Gasteiger charge is 2.37. The van der Waals surface area contributed by atoms with Crippen molar-refractivity contribution in [3.63, 3.8) is 0 Å². The van der Waals surface area contributed by atoms with E-state index >= 15 is 0 Å². The highest BCUT2D eigenvalue weighted by atomic mass is 32.1. The molecule has 0 spiro atoms. The van der Waals surface area contributed by atoms with Crippen LogP contribution in [0, 0.1) is 11.3 Å². The molecule has 1 aliphatic carbocycles. The summed E-state index contributed by atoms with van der Waals surface area (Å²) in [5, 5.41) is 0. The molecule has 24 heavy (non-hydrogen) atoms. The minimum atomic E-state index is -0.264. The molecule has 0 heterocycles. The molecule has 1 aliphatic rings. The Balaban J connectivity index is 0.000000648. The van der Waals surface area contributed by atoms with Crippen LogP contribution in [0.4, 0.5) is 0 Å². The van der Waals surface area contributed by atoms with Crippen LogP contribution in [-0.4, -0.2) is 12.6 Å². The van der Waals surface area contributed by atoms with Gasteiger partial charge in [-0.05, 0) is 61.6 Å². The van der Waals surface area contributed by atoms with Crippen molar-refractivity contribution in [3.05, 3.63) is 35.4 Å². The number of carbonyl (C=O) groups excluding carboxylic acids is 1. The lowest BCUT2D eigenvalue weighted by Crippen LogP contribution is -2.13. The van der Waals surface area contributed by atoms with E-state index in [2.05, 4.69) is 45.2 Å². The third-order valence-electron chi connectivity index (χ3n) is 4.12. The highest BCUT2D eigenvalue weighted by molar-refractivity contribution is 7.78. The van der Waals surface area contributed by atoms with Gasteiger partial charge < -0.3 is 4.74 Å². The summed E-state index contributed by atoms with van der Waals surface area (Å²) in [7, 11) is 0. The Morgan fingerprint density at radius 3 is 2.21 bits per heavy atom. The zero-order valence-corrected chi connectivity index (χ0v) is 16.7. The lowest BCUT2D eigenvalue weighted by molar-refractivity contribution is 0.0526. The van der Waals surface area contributed by atoms with Crippen LogP contribution in [0.25, 0.3) is 0 Å². The number of benzene rings is 1. The van der Waals surface area contributed by atoms with Crippen molar-refractivity contribution < 1.29 is 9.53 Å². The molecule has 136 valence electrons. The standard InChI is InChI=1S/C16H23NO2S.C4H10/c1-3-19-15(18)13-6-4-12(5-7-13)14(17-20)8-9-16(2)10-11-16;1-4(2)3/h4-7,14,17,20H,3,8-11H2,1-2H3;4H,1-3H3/t14-;/m0./s1. The molecule has 1 atom stereocenters. The fourth-order valence-corrected chi connectivity index (χ4v) is 2.61. The number of hydrogen-bond acceptors (Lipinski definition) is 4. The molecule has 3 nitrogen and oxygen atoms in total. The maximum Gasteiger partial charge on any atom is 0.338 e. The number of ether oxygens (including phenoxy) is 1. The zero-order valence-electron chi connectivity index (χ0n) is 15.8. The second-order valence-electron chi connectivity index (χ2n) is 7.61. The van der Waals surface area contributed by atoms with Gasteiger partial charge in [0.2, 0.25) is 0 Å². The molecule has 0 saturated heterocycles. The molecular formula is C20H33NO2S. The van der Waals surface area contributed by atoms with Crippen molar-refractivity contribution >= 4 is 18.8 Å². The SMILES string of the molecule is CC(C)C.CCOC(=O)c1ccc([C@H](CCC2(C)CC2)NS)cc1. The van der Waals surface area contributed by atoms with Crippen molar-refractivity contribution in [2.75, 3.05) is 6.61 Å². The second kappa shape index (κ2) is 10.1. The lowest BCUT2D eigenvalue weighted by Gasteiger charge is -2.18. The van der Waals surface area contributed by atoms with Crippen LogP contribution in [0.15, 0.2) is 24.3 Å². The molecule has 1 aromatic carbocycles. The molecule has 0 unspecified atom stereocenters. The van der Waals surface area contributed by atoms with Gasteiger partial charge in [0.1, 0.15) is 0 Å². The third kappa shape index (κ3) is 7.71. The van der Waals surface area contributed by atoms with Gasteiger partial charge in [-0.3, -0.25) is 4.72 Å². The minimum absolute atomic E-state index is 0.229. The first-order valence-electron chi connectivity index (χ1n) is 8.98. The first-order valence-corrected chi connectivity index (χ1v) is 9.42. The van der Waals surface area contributed by atoms with Crippen LogP contribution < -0.4 is 4.72 Å². The largest absolute Gasteiger partial charge is 0.462 e. The fourth-order valence-electron chi connectivity index (χ4n) is 2.33. The van der Waals surface area contributed by atoms with Crippen LogP contribution in [0.2, 0.25) is 0 Å². The Labute approximate surface area is 153 Å². The van der Waals surface area contributed by atoms with Crippen molar-refractivity contribution in [1.82, 2.24) is 4.72 Å². The summed E-state index contributed by atoms with van der Waals surface area (Å²) in [5.41, 5.74) is 2.31. The van der Waals surface area contributed by atoms with E-state index in [-0.39, 0.29) is 12.0 Å². The molecule has 0 amide bonds. The summed E-state index contributed by atoms with van der Waals surface area (Å²) in [6.07, 6.45) is 4.96. The van der Waals surface area contributed by atoms with Gasteiger partial charge in [-0.1, -0.05) is 52.6 Å². The summed E-state index contributed by atoms with van der Waals surface area (Å²) in [4.78, 5) is 11.6. The molecule has 1 aromatic rings. The van der Waals surface area contributed by atoms with Crippen molar-refractivity contribution in [3.8, 4) is 0 Å². The van der Waals surface area contributed by atoms with Gasteiger partial charge in [0.25, 0.3) is 0 Å². The van der Waals surface area contributed by atoms with E-state index in [4.69, 9.17) is 4.74 Å². The first-order chi connectivity index (χ1) is 11.3. The van der Waals surface area contributed by atoms with E-state index in [1.807, 2.05) is 31.2 Å². The number of carbonyl (C=O) groups is 1. The van der Waals surface area contributed by atoms with Crippen LogP contribution >= 0.6 is 12.8 Å². The van der Waals surface area contributed by atoms with Gasteiger partial charge in [-0.2, -0.15) is 0 Å². The molecule has 0 aliphatic heterocycles. The summed E-state index contributed by atoms with van der Waals surface area (Å²) in [6.45, 7) is 11.1. The topological polar surface area (TPSA) is 38.3 Å². The van der Waals surface area contributed by atoms with Gasteiger partial charge >= 0.3 is 5.97 Å². The second-order valence-corrected chi connectivity index (χ2v) is 7.86. The Morgan fingerprint density at radius 2 is 1.79 bits per heavy atom. The number of thiol groups is 1. The van der Waals surface area contributed by atoms with Gasteiger partial charge in [0, 0.05) is 6.04 Å². The fraction of sp³-hybridized carbons (Fsp3) is 0.650. The number of esters is 1. The van der Waals surface area contributed by atoms with Gasteiger partial charge in [0.05, 0.1) is 12.2 Å². The molecule has 2 rings (SSSR count). The molecular weight excluding hydrogens is 318 g/mol. The Bertz CT molecular complexity index is 492. The maximum absolute atomic E-state index is 11.6. The molecule has 4 heteroatoms. The Morgan fingerprint density at radius 1 is 1.25 bits per heavy atom. The van der Waals surface area contributed by atoms with Crippen LogP contribution in [-0.2, 0) is 4.74 Å². The van der Waals surface area contributed by atoms with Gasteiger partial charge in [-0.25, -0.2) is 4.79 Å². The highest BCUT2D eigenvalue weighted by Crippen LogP contribution is 2.49. The van der Waals surface area contributed by atoms with E-state index in [1.165, 1.54) is 19.3 Å². The van der Waals surface area contributed by atoms with Crippen molar-refractivity contribution in [1.29, 1.82) is 0 Å². The van der Waals surface area contributed by atoms with Crippen LogP contribution in [0.5, 0.6) is 0 Å². The normalized spacial score (nSPS) is 16.1. The summed E-state index contributed by atoms with van der Waals surface area (Å²) in [6, 6.07) is 7.84. The Hall–Kier alpha value is -1.00. The molecule has 1 N–H and O–H groups in total. The van der Waals surface area contributed by atoms with Crippen molar-refractivity contribution in [2.24, 2.45) is 11.3 Å². The van der Waals surface area contributed by atoms with E-state index in [9.17, 15) is 4.79 Å². The number of hydrogen-bond donors (Lipinski definition) is 2. The third-order valence-corrected chi connectivity index (χ3v) is 4.43. The molecule has 0 radical (unpaired) electrons. The van der Waals surface area contributed by atoms with E-state index in [0.717, 1.165) is 17.9 Å². The summed E-state index contributed by atoms with van der Waals surface area (Å²) < 4.78 is 8.06. The molecule has 1 saturated carbocycles. The predicted molar refractivity (Wildman–Crippen MR) is 104 cm³/mol. The Kier molecular flexibility index (Phi) is 8.85. The van der Waals surface area contributed by atoms with E-state index in [0.29, 0.717) is 17.6 Å². The van der Waals surface area contributed by atoms with Crippen LogP contribution in [0.3, 0.4) is 0 Å². The lowest BCUT2D eigenvalue weighted by atomic mass is 9.95. The average molecular weight is 352 g/mol. The molecule has 0 aromatic heterocycles. The van der Waals surface area contributed by atoms with E-state index < -0.39 is 0 Å². The molecule has 1 fully saturated rings. The van der Waals surface area contributed by atoms with Gasteiger partial charge in [-0.15, -0.1) is 0 Å². The van der Waals surface area contributed by atoms with E-state index in [1.54, 1.807) is 0 Å². The summed E-state index contributed by atoms with van der Waals surface area (Å²) >= 11 is 4.24. The monoisotopic (exact) mass is 351 g/mol. The number of rotatable bonds is 7.